The van der Waals surface area contributed by atoms with E-state index in [2.05, 4.69) is 45.0 Å². The first kappa shape index (κ1) is 24.4. The number of carbonyl (C=O) groups is 1. The Morgan fingerprint density at radius 3 is 2.64 bits per heavy atom. The van der Waals surface area contributed by atoms with E-state index in [-0.39, 0.29) is 30.1 Å². The number of rotatable bonds is 7. The average molecular weight is 506 g/mol. The van der Waals surface area contributed by atoms with Gasteiger partial charge in [-0.3, -0.25) is 9.78 Å². The third kappa shape index (κ3) is 4.74. The lowest BCUT2D eigenvalue weighted by atomic mass is 9.96. The van der Waals surface area contributed by atoms with Gasteiger partial charge in [0.1, 0.15) is 5.82 Å². The topological polar surface area (TPSA) is 62.2 Å². The van der Waals surface area contributed by atoms with E-state index in [1.54, 1.807) is 24.4 Å². The summed E-state index contributed by atoms with van der Waals surface area (Å²) in [6.07, 6.45) is 6.94. The Morgan fingerprint density at radius 1 is 1.17 bits per heavy atom. The predicted molar refractivity (Wildman–Crippen MR) is 143 cm³/mol. The number of hydrogen-bond acceptors (Lipinski definition) is 3. The maximum Gasteiger partial charge on any atom is 0.226 e. The molecule has 3 heterocycles. The summed E-state index contributed by atoms with van der Waals surface area (Å²) in [6, 6.07) is 14.7. The summed E-state index contributed by atoms with van der Waals surface area (Å²) >= 11 is 5.78. The molecular weight excluding hydrogens is 473 g/mol. The van der Waals surface area contributed by atoms with E-state index < -0.39 is 5.82 Å². The Kier molecular flexibility index (Phi) is 7.05. The Labute approximate surface area is 216 Å². The first-order valence-electron chi connectivity index (χ1n) is 12.6. The van der Waals surface area contributed by atoms with Gasteiger partial charge in [-0.25, -0.2) is 4.39 Å². The SMILES string of the molecule is Cc1cc([C@H]2[C@H](c3ccccn3)NC(=S)N2CCC(=O)Nc2ccccc2F)c(C)n1C1CCCC1. The van der Waals surface area contributed by atoms with Crippen molar-refractivity contribution >= 4 is 28.9 Å². The number of para-hydroxylation sites is 1. The van der Waals surface area contributed by atoms with Crippen LogP contribution in [0, 0.1) is 19.7 Å². The van der Waals surface area contributed by atoms with Crippen molar-refractivity contribution in [3.63, 3.8) is 0 Å². The van der Waals surface area contributed by atoms with Crippen molar-refractivity contribution in [2.24, 2.45) is 0 Å². The predicted octanol–water partition coefficient (Wildman–Crippen LogP) is 5.76. The van der Waals surface area contributed by atoms with Gasteiger partial charge in [0.15, 0.2) is 5.11 Å². The van der Waals surface area contributed by atoms with Crippen molar-refractivity contribution in [3.8, 4) is 0 Å². The lowest BCUT2D eigenvalue weighted by molar-refractivity contribution is -0.116. The highest BCUT2D eigenvalue weighted by atomic mass is 32.1. The number of thiocarbonyl (C=S) groups is 1. The molecule has 2 N–H and O–H groups in total. The molecule has 3 aromatic rings. The zero-order chi connectivity index (χ0) is 25.2. The summed E-state index contributed by atoms with van der Waals surface area (Å²) < 4.78 is 16.5. The molecule has 1 amide bonds. The summed E-state index contributed by atoms with van der Waals surface area (Å²) in [5, 5.41) is 6.76. The van der Waals surface area contributed by atoms with Gasteiger partial charge in [-0.1, -0.05) is 31.0 Å². The van der Waals surface area contributed by atoms with Crippen molar-refractivity contribution in [1.82, 2.24) is 19.8 Å². The molecule has 2 atom stereocenters. The number of amides is 1. The molecule has 36 heavy (non-hydrogen) atoms. The van der Waals surface area contributed by atoms with Gasteiger partial charge in [-0.05, 0) is 74.8 Å². The molecule has 1 aliphatic heterocycles. The fourth-order valence-corrected chi connectivity index (χ4v) is 6.14. The van der Waals surface area contributed by atoms with E-state index in [1.165, 1.54) is 48.7 Å². The summed E-state index contributed by atoms with van der Waals surface area (Å²) in [4.78, 5) is 19.5. The quantitative estimate of drug-likeness (QED) is 0.400. The van der Waals surface area contributed by atoms with Crippen LogP contribution in [0.1, 0.15) is 72.9 Å². The molecule has 1 aliphatic carbocycles. The van der Waals surface area contributed by atoms with E-state index >= 15 is 0 Å². The van der Waals surface area contributed by atoms with Crippen molar-refractivity contribution in [1.29, 1.82) is 0 Å². The lowest BCUT2D eigenvalue weighted by Gasteiger charge is -2.28. The van der Waals surface area contributed by atoms with Crippen molar-refractivity contribution in [2.75, 3.05) is 11.9 Å². The zero-order valence-corrected chi connectivity index (χ0v) is 21.5. The van der Waals surface area contributed by atoms with Crippen LogP contribution < -0.4 is 10.6 Å². The van der Waals surface area contributed by atoms with Gasteiger partial charge >= 0.3 is 0 Å². The van der Waals surface area contributed by atoms with Crippen LogP contribution in [0.25, 0.3) is 0 Å². The second kappa shape index (κ2) is 10.4. The third-order valence-electron chi connectivity index (χ3n) is 7.46. The van der Waals surface area contributed by atoms with Crippen molar-refractivity contribution in [3.05, 3.63) is 83.2 Å². The van der Waals surface area contributed by atoms with Crippen LogP contribution in [0.15, 0.2) is 54.7 Å². The van der Waals surface area contributed by atoms with Gasteiger partial charge in [-0.15, -0.1) is 0 Å². The van der Waals surface area contributed by atoms with Crippen LogP contribution in [0.4, 0.5) is 10.1 Å². The number of benzene rings is 1. The number of halogens is 1. The summed E-state index contributed by atoms with van der Waals surface area (Å²) in [5.41, 5.74) is 4.81. The molecule has 0 unspecified atom stereocenters. The van der Waals surface area contributed by atoms with Crippen LogP contribution in [-0.2, 0) is 4.79 Å². The number of aromatic nitrogens is 2. The van der Waals surface area contributed by atoms with E-state index in [1.807, 2.05) is 18.2 Å². The summed E-state index contributed by atoms with van der Waals surface area (Å²) in [6.45, 7) is 4.78. The number of nitrogens with one attached hydrogen (secondary N) is 2. The Morgan fingerprint density at radius 2 is 1.92 bits per heavy atom. The Bertz CT molecular complexity index is 1250. The smallest absolute Gasteiger partial charge is 0.226 e. The van der Waals surface area contributed by atoms with Gasteiger partial charge in [0.2, 0.25) is 5.91 Å². The maximum atomic E-state index is 14.0. The second-order valence-electron chi connectivity index (χ2n) is 9.73. The third-order valence-corrected chi connectivity index (χ3v) is 7.81. The average Bonchev–Trinajstić information content (AvgIpc) is 3.58. The maximum absolute atomic E-state index is 14.0. The van der Waals surface area contributed by atoms with Gasteiger partial charge in [0.25, 0.3) is 0 Å². The van der Waals surface area contributed by atoms with Crippen LogP contribution in [0.3, 0.4) is 0 Å². The summed E-state index contributed by atoms with van der Waals surface area (Å²) in [5.74, 6) is -0.698. The molecule has 2 fully saturated rings. The molecule has 1 saturated heterocycles. The Hall–Kier alpha value is -3.26. The molecule has 1 aromatic carbocycles. The molecule has 188 valence electrons. The van der Waals surface area contributed by atoms with Gasteiger partial charge < -0.3 is 20.1 Å². The minimum absolute atomic E-state index is 0.102. The van der Waals surface area contributed by atoms with Crippen LogP contribution in [0.5, 0.6) is 0 Å². The van der Waals surface area contributed by atoms with Gasteiger partial charge in [0.05, 0.1) is 23.5 Å². The first-order valence-corrected chi connectivity index (χ1v) is 13.1. The standard InChI is InChI=1S/C28H32FN5OS/c1-18-17-21(19(2)34(18)20-9-3-4-10-20)27-26(24-13-7-8-15-30-24)32-28(36)33(27)16-14-25(35)31-23-12-6-5-11-22(23)29/h5-8,11-13,15,17,20,26-27H,3-4,9-10,14,16H2,1-2H3,(H,31,35)(H,32,36)/t26-,27-/m0/s1. The minimum Gasteiger partial charge on any atom is -0.352 e. The highest BCUT2D eigenvalue weighted by molar-refractivity contribution is 7.80. The molecular formula is C28H32FN5OS. The van der Waals surface area contributed by atoms with Gasteiger partial charge in [-0.2, -0.15) is 0 Å². The van der Waals surface area contributed by atoms with Crippen LogP contribution in [-0.4, -0.2) is 32.0 Å². The fraction of sp³-hybridized carbons (Fsp3) is 0.393. The van der Waals surface area contributed by atoms with Crippen molar-refractivity contribution in [2.45, 2.75) is 64.1 Å². The Balaban J connectivity index is 1.43. The number of hydrogen-bond donors (Lipinski definition) is 2. The highest BCUT2D eigenvalue weighted by Crippen LogP contribution is 2.43. The number of anilines is 1. The van der Waals surface area contributed by atoms with Crippen LogP contribution in [0.2, 0.25) is 0 Å². The molecule has 1 saturated carbocycles. The number of aryl methyl sites for hydroxylation is 1. The molecule has 0 radical (unpaired) electrons. The second-order valence-corrected chi connectivity index (χ2v) is 10.1. The molecule has 8 heteroatoms. The number of pyridine rings is 1. The number of carbonyl (C=O) groups excluding carboxylic acids is 1. The van der Waals surface area contributed by atoms with Crippen LogP contribution >= 0.6 is 12.2 Å². The number of nitrogens with zero attached hydrogens (tertiary/aromatic N) is 3. The van der Waals surface area contributed by atoms with E-state index in [4.69, 9.17) is 12.2 Å². The summed E-state index contributed by atoms with van der Waals surface area (Å²) in [7, 11) is 0. The monoisotopic (exact) mass is 505 g/mol. The first-order chi connectivity index (χ1) is 17.4. The fourth-order valence-electron chi connectivity index (χ4n) is 5.81. The minimum atomic E-state index is -0.448. The molecule has 0 bridgehead atoms. The highest BCUT2D eigenvalue weighted by Gasteiger charge is 2.41. The van der Waals surface area contributed by atoms with E-state index in [9.17, 15) is 9.18 Å². The largest absolute Gasteiger partial charge is 0.352 e. The van der Waals surface area contributed by atoms with E-state index in [0.29, 0.717) is 17.7 Å². The normalized spacial score (nSPS) is 20.1. The lowest BCUT2D eigenvalue weighted by Crippen LogP contribution is -2.33. The van der Waals surface area contributed by atoms with Crippen molar-refractivity contribution < 1.29 is 9.18 Å². The van der Waals surface area contributed by atoms with E-state index in [0.717, 1.165) is 5.69 Å². The zero-order valence-electron chi connectivity index (χ0n) is 20.7. The molecule has 5 rings (SSSR count). The molecule has 2 aliphatic rings. The molecule has 2 aromatic heterocycles. The molecule has 0 spiro atoms. The molecule has 6 nitrogen and oxygen atoms in total. The van der Waals surface area contributed by atoms with Gasteiger partial charge in [0, 0.05) is 36.6 Å².